The minimum absolute atomic E-state index is 0.645. The van der Waals surface area contributed by atoms with Gasteiger partial charge >= 0.3 is 6.18 Å². The summed E-state index contributed by atoms with van der Waals surface area (Å²) in [4.78, 5) is 8.50. The van der Waals surface area contributed by atoms with Crippen LogP contribution in [0.15, 0.2) is 18.3 Å². The molecule has 1 aromatic heterocycles. The molecule has 2 aliphatic rings. The molecule has 1 saturated carbocycles. The first kappa shape index (κ1) is 14.6. The Morgan fingerprint density at radius 1 is 1.10 bits per heavy atom. The zero-order valence-electron chi connectivity index (χ0n) is 11.9. The highest BCUT2D eigenvalue weighted by molar-refractivity contribution is 5.40. The van der Waals surface area contributed by atoms with Crippen LogP contribution in [-0.2, 0) is 6.18 Å². The Labute approximate surface area is 122 Å². The van der Waals surface area contributed by atoms with Crippen LogP contribution in [0, 0.1) is 5.92 Å². The Balaban J connectivity index is 1.54. The molecule has 2 fully saturated rings. The molecule has 1 aliphatic carbocycles. The largest absolute Gasteiger partial charge is 0.417 e. The first-order valence-corrected chi connectivity index (χ1v) is 7.53. The smallest absolute Gasteiger partial charge is 0.354 e. The molecular formula is C15H20F3N3. The van der Waals surface area contributed by atoms with Gasteiger partial charge in [0.2, 0.25) is 0 Å². The summed E-state index contributed by atoms with van der Waals surface area (Å²) in [5, 5.41) is 0. The van der Waals surface area contributed by atoms with E-state index in [1.807, 2.05) is 0 Å². The lowest BCUT2D eigenvalue weighted by Crippen LogP contribution is -2.48. The number of piperazine rings is 1. The third kappa shape index (κ3) is 3.48. The Morgan fingerprint density at radius 2 is 1.81 bits per heavy atom. The molecule has 0 spiro atoms. The highest BCUT2D eigenvalue weighted by Gasteiger charge is 2.31. The first-order chi connectivity index (χ1) is 10.0. The summed E-state index contributed by atoms with van der Waals surface area (Å²) in [5.74, 6) is 1.51. The van der Waals surface area contributed by atoms with E-state index >= 15 is 0 Å². The molecular weight excluding hydrogens is 279 g/mol. The van der Waals surface area contributed by atoms with Crippen molar-refractivity contribution in [2.75, 3.05) is 37.6 Å². The highest BCUT2D eigenvalue weighted by atomic mass is 19.4. The second-order valence-electron chi connectivity index (χ2n) is 5.99. The van der Waals surface area contributed by atoms with Gasteiger partial charge in [-0.25, -0.2) is 4.98 Å². The van der Waals surface area contributed by atoms with Crippen molar-refractivity contribution in [3.63, 3.8) is 0 Å². The van der Waals surface area contributed by atoms with Crippen LogP contribution in [-0.4, -0.2) is 42.6 Å². The quantitative estimate of drug-likeness (QED) is 0.855. The number of alkyl halides is 3. The van der Waals surface area contributed by atoms with Crippen molar-refractivity contribution in [3.05, 3.63) is 23.9 Å². The maximum Gasteiger partial charge on any atom is 0.417 e. The van der Waals surface area contributed by atoms with E-state index in [2.05, 4.69) is 14.8 Å². The minimum atomic E-state index is -4.31. The Bertz CT molecular complexity index is 460. The average Bonchev–Trinajstić information content (AvgIpc) is 2.43. The number of hydrogen-bond donors (Lipinski definition) is 0. The van der Waals surface area contributed by atoms with Crippen molar-refractivity contribution in [1.82, 2.24) is 9.88 Å². The second kappa shape index (κ2) is 5.83. The average molecular weight is 299 g/mol. The second-order valence-corrected chi connectivity index (χ2v) is 5.99. The number of rotatable bonds is 3. The zero-order chi connectivity index (χ0) is 14.9. The summed E-state index contributed by atoms with van der Waals surface area (Å²) >= 11 is 0. The molecule has 1 aliphatic heterocycles. The monoisotopic (exact) mass is 299 g/mol. The van der Waals surface area contributed by atoms with Gasteiger partial charge in [0, 0.05) is 38.9 Å². The van der Waals surface area contributed by atoms with Gasteiger partial charge in [0.1, 0.15) is 5.82 Å². The molecule has 0 atom stereocenters. The summed E-state index contributed by atoms with van der Waals surface area (Å²) in [6.45, 7) is 4.79. The van der Waals surface area contributed by atoms with Crippen molar-refractivity contribution in [1.29, 1.82) is 0 Å². The van der Waals surface area contributed by atoms with Crippen LogP contribution in [0.4, 0.5) is 19.0 Å². The van der Waals surface area contributed by atoms with Crippen LogP contribution in [0.5, 0.6) is 0 Å². The Morgan fingerprint density at radius 3 is 2.29 bits per heavy atom. The highest BCUT2D eigenvalue weighted by Crippen LogP contribution is 2.30. The maximum absolute atomic E-state index is 12.5. The molecule has 0 radical (unpaired) electrons. The van der Waals surface area contributed by atoms with E-state index < -0.39 is 11.7 Å². The van der Waals surface area contributed by atoms with Gasteiger partial charge < -0.3 is 4.90 Å². The Kier molecular flexibility index (Phi) is 4.06. The van der Waals surface area contributed by atoms with E-state index in [1.54, 1.807) is 0 Å². The van der Waals surface area contributed by atoms with Gasteiger partial charge in [-0.05, 0) is 30.9 Å². The van der Waals surface area contributed by atoms with E-state index in [-0.39, 0.29) is 0 Å². The summed E-state index contributed by atoms with van der Waals surface area (Å²) in [5.41, 5.74) is -0.685. The maximum atomic E-state index is 12.5. The van der Waals surface area contributed by atoms with Gasteiger partial charge in [-0.1, -0.05) is 6.42 Å². The number of hydrogen-bond acceptors (Lipinski definition) is 3. The van der Waals surface area contributed by atoms with Crippen molar-refractivity contribution < 1.29 is 13.2 Å². The zero-order valence-corrected chi connectivity index (χ0v) is 11.9. The molecule has 0 bridgehead atoms. The van der Waals surface area contributed by atoms with E-state index in [0.717, 1.165) is 44.4 Å². The van der Waals surface area contributed by atoms with Crippen LogP contribution in [0.1, 0.15) is 24.8 Å². The fourth-order valence-corrected chi connectivity index (χ4v) is 2.94. The summed E-state index contributed by atoms with van der Waals surface area (Å²) in [7, 11) is 0. The minimum Gasteiger partial charge on any atom is -0.354 e. The van der Waals surface area contributed by atoms with Gasteiger partial charge in [0.05, 0.1) is 5.56 Å². The number of nitrogens with zero attached hydrogens (tertiary/aromatic N) is 3. The molecule has 3 nitrogen and oxygen atoms in total. The fraction of sp³-hybridized carbons (Fsp3) is 0.667. The van der Waals surface area contributed by atoms with Crippen molar-refractivity contribution >= 4 is 5.82 Å². The fourth-order valence-electron chi connectivity index (χ4n) is 2.94. The van der Waals surface area contributed by atoms with Crippen LogP contribution in [0.3, 0.4) is 0 Å². The number of halogens is 3. The Hall–Kier alpha value is -1.30. The molecule has 0 aromatic carbocycles. The summed E-state index contributed by atoms with van der Waals surface area (Å²) in [6.07, 6.45) is 0.671. The van der Waals surface area contributed by atoms with Gasteiger partial charge in [-0.3, -0.25) is 4.90 Å². The van der Waals surface area contributed by atoms with Gasteiger partial charge in [-0.2, -0.15) is 13.2 Å². The first-order valence-electron chi connectivity index (χ1n) is 7.53. The van der Waals surface area contributed by atoms with Crippen molar-refractivity contribution in [2.24, 2.45) is 5.92 Å². The number of aromatic nitrogens is 1. The molecule has 0 amide bonds. The van der Waals surface area contributed by atoms with Crippen LogP contribution < -0.4 is 4.90 Å². The summed E-state index contributed by atoms with van der Waals surface area (Å²) < 4.78 is 37.5. The molecule has 0 unspecified atom stereocenters. The van der Waals surface area contributed by atoms with Crippen LogP contribution >= 0.6 is 0 Å². The van der Waals surface area contributed by atoms with Crippen molar-refractivity contribution in [3.8, 4) is 0 Å². The third-order valence-electron chi connectivity index (χ3n) is 4.51. The van der Waals surface area contributed by atoms with Gasteiger partial charge in [0.15, 0.2) is 0 Å². The van der Waals surface area contributed by atoms with E-state index in [4.69, 9.17) is 0 Å². The van der Waals surface area contributed by atoms with Gasteiger partial charge in [0.25, 0.3) is 0 Å². The number of pyridine rings is 1. The molecule has 1 aromatic rings. The molecule has 3 rings (SSSR count). The normalized spacial score (nSPS) is 21.4. The van der Waals surface area contributed by atoms with Crippen LogP contribution in [0.25, 0.3) is 0 Å². The lowest BCUT2D eigenvalue weighted by molar-refractivity contribution is -0.137. The van der Waals surface area contributed by atoms with Crippen LogP contribution in [0.2, 0.25) is 0 Å². The SMILES string of the molecule is FC(F)(F)c1ccc(N2CCN(CC3CCC3)CC2)nc1. The number of anilines is 1. The molecule has 6 heteroatoms. The molecule has 21 heavy (non-hydrogen) atoms. The standard InChI is InChI=1S/C15H20F3N3/c16-15(17,18)13-4-5-14(19-10-13)21-8-6-20(7-9-21)11-12-2-1-3-12/h4-5,10,12H,1-3,6-9,11H2. The molecule has 116 valence electrons. The van der Waals surface area contributed by atoms with E-state index in [9.17, 15) is 13.2 Å². The molecule has 1 saturated heterocycles. The predicted molar refractivity (Wildman–Crippen MR) is 75.2 cm³/mol. The summed E-state index contributed by atoms with van der Waals surface area (Å²) in [6, 6.07) is 2.59. The third-order valence-corrected chi connectivity index (χ3v) is 4.51. The molecule has 2 heterocycles. The van der Waals surface area contributed by atoms with E-state index in [0.29, 0.717) is 5.82 Å². The lowest BCUT2D eigenvalue weighted by atomic mass is 9.85. The van der Waals surface area contributed by atoms with E-state index in [1.165, 1.54) is 31.9 Å². The van der Waals surface area contributed by atoms with Gasteiger partial charge in [-0.15, -0.1) is 0 Å². The lowest BCUT2D eigenvalue weighted by Gasteiger charge is -2.39. The molecule has 0 N–H and O–H groups in total. The van der Waals surface area contributed by atoms with Crippen molar-refractivity contribution in [2.45, 2.75) is 25.4 Å². The topological polar surface area (TPSA) is 19.4 Å². The predicted octanol–water partition coefficient (Wildman–Crippen LogP) is 3.02.